The fraction of sp³-hybridized carbons (Fsp3) is 0. The summed E-state index contributed by atoms with van der Waals surface area (Å²) in [6.45, 7) is 0. The molecular formula is C19H11N3S. The van der Waals surface area contributed by atoms with Crippen molar-refractivity contribution in [1.82, 2.24) is 15.0 Å². The third kappa shape index (κ3) is 1.99. The highest BCUT2D eigenvalue weighted by Gasteiger charge is 2.09. The zero-order chi connectivity index (χ0) is 15.2. The first-order chi connectivity index (χ1) is 11.4. The molecule has 5 aromatic rings. The summed E-state index contributed by atoms with van der Waals surface area (Å²) in [6, 6.07) is 16.5. The molecule has 1 aromatic carbocycles. The Morgan fingerprint density at radius 3 is 2.65 bits per heavy atom. The van der Waals surface area contributed by atoms with E-state index in [4.69, 9.17) is 4.98 Å². The zero-order valence-electron chi connectivity index (χ0n) is 12.1. The number of benzene rings is 1. The fourth-order valence-corrected chi connectivity index (χ4v) is 3.88. The topological polar surface area (TPSA) is 38.7 Å². The number of hydrogen-bond acceptors (Lipinski definition) is 4. The van der Waals surface area contributed by atoms with Crippen LogP contribution in [0.15, 0.2) is 67.1 Å². The average Bonchev–Trinajstić information content (AvgIpc) is 2.99. The number of pyridine rings is 3. The van der Waals surface area contributed by atoms with Crippen molar-refractivity contribution >= 4 is 42.4 Å². The minimum absolute atomic E-state index is 0.902. The van der Waals surface area contributed by atoms with E-state index >= 15 is 0 Å². The molecule has 5 rings (SSSR count). The van der Waals surface area contributed by atoms with Crippen LogP contribution in [0.4, 0.5) is 0 Å². The zero-order valence-corrected chi connectivity index (χ0v) is 12.9. The molecule has 0 aliphatic heterocycles. The van der Waals surface area contributed by atoms with Crippen LogP contribution in [-0.2, 0) is 0 Å². The van der Waals surface area contributed by atoms with Gasteiger partial charge < -0.3 is 0 Å². The lowest BCUT2D eigenvalue weighted by Gasteiger charge is -2.03. The molecule has 3 nitrogen and oxygen atoms in total. The van der Waals surface area contributed by atoms with Gasteiger partial charge in [0.15, 0.2) is 0 Å². The summed E-state index contributed by atoms with van der Waals surface area (Å²) in [4.78, 5) is 13.6. The lowest BCUT2D eigenvalue weighted by Crippen LogP contribution is -1.87. The minimum Gasteiger partial charge on any atom is -0.263 e. The molecule has 0 aliphatic rings. The van der Waals surface area contributed by atoms with Gasteiger partial charge in [0.25, 0.3) is 0 Å². The van der Waals surface area contributed by atoms with Crippen molar-refractivity contribution in [3.63, 3.8) is 0 Å². The van der Waals surface area contributed by atoms with Crippen LogP contribution in [0.1, 0.15) is 0 Å². The highest BCUT2D eigenvalue weighted by Crippen LogP contribution is 2.33. The van der Waals surface area contributed by atoms with Gasteiger partial charge in [-0.2, -0.15) is 0 Å². The molecule has 0 unspecified atom stereocenters. The Morgan fingerprint density at radius 2 is 1.70 bits per heavy atom. The van der Waals surface area contributed by atoms with Crippen molar-refractivity contribution in [1.29, 1.82) is 0 Å². The predicted molar refractivity (Wildman–Crippen MR) is 95.7 cm³/mol. The third-order valence-corrected chi connectivity index (χ3v) is 5.11. The van der Waals surface area contributed by atoms with Crippen LogP contribution in [0.3, 0.4) is 0 Å². The second-order valence-electron chi connectivity index (χ2n) is 5.43. The van der Waals surface area contributed by atoms with Crippen molar-refractivity contribution in [3.8, 4) is 11.4 Å². The van der Waals surface area contributed by atoms with Crippen molar-refractivity contribution in [2.24, 2.45) is 0 Å². The Hall–Kier alpha value is -2.85. The van der Waals surface area contributed by atoms with Crippen LogP contribution in [0.25, 0.3) is 42.5 Å². The number of fused-ring (bicyclic) bond motifs is 4. The summed E-state index contributed by atoms with van der Waals surface area (Å²) < 4.78 is 2.34. The van der Waals surface area contributed by atoms with E-state index < -0.39 is 0 Å². The van der Waals surface area contributed by atoms with Gasteiger partial charge in [0.2, 0.25) is 0 Å². The molecule has 0 bridgehead atoms. The Morgan fingerprint density at radius 1 is 0.783 bits per heavy atom. The van der Waals surface area contributed by atoms with Gasteiger partial charge in [0, 0.05) is 29.4 Å². The first kappa shape index (κ1) is 12.7. The van der Waals surface area contributed by atoms with Crippen LogP contribution >= 0.6 is 11.3 Å². The number of thiophene rings is 1. The molecule has 0 fully saturated rings. The summed E-state index contributed by atoms with van der Waals surface area (Å²) in [5.41, 5.74) is 2.83. The van der Waals surface area contributed by atoms with Gasteiger partial charge in [-0.3, -0.25) is 9.97 Å². The van der Waals surface area contributed by atoms with Gasteiger partial charge in [-0.15, -0.1) is 11.3 Å². The summed E-state index contributed by atoms with van der Waals surface area (Å²) >= 11 is 1.72. The minimum atomic E-state index is 0.902. The number of rotatable bonds is 1. The SMILES string of the molecule is c1ccc2cc(-c3ccc4sc5cnccc5c4n3)ncc2c1. The number of hydrogen-bond donors (Lipinski definition) is 0. The van der Waals surface area contributed by atoms with E-state index in [1.807, 2.05) is 42.9 Å². The first-order valence-electron chi connectivity index (χ1n) is 7.37. The number of aromatic nitrogens is 3. The maximum Gasteiger partial charge on any atom is 0.0897 e. The molecule has 4 heterocycles. The molecule has 4 heteroatoms. The molecule has 0 aliphatic carbocycles. The third-order valence-electron chi connectivity index (χ3n) is 4.01. The van der Waals surface area contributed by atoms with Gasteiger partial charge in [-0.05, 0) is 29.7 Å². The lowest BCUT2D eigenvalue weighted by molar-refractivity contribution is 1.30. The van der Waals surface area contributed by atoms with Crippen molar-refractivity contribution in [2.45, 2.75) is 0 Å². The second kappa shape index (κ2) is 4.83. The van der Waals surface area contributed by atoms with Crippen molar-refractivity contribution in [2.75, 3.05) is 0 Å². The standard InChI is InChI=1S/C19H11N3S/c1-2-4-13-10-21-16(9-12(13)3-1)15-5-6-17-19(22-15)14-7-8-20-11-18(14)23-17/h1-11H. The van der Waals surface area contributed by atoms with Crippen LogP contribution in [0.5, 0.6) is 0 Å². The molecule has 0 saturated carbocycles. The molecule has 0 amide bonds. The molecule has 23 heavy (non-hydrogen) atoms. The van der Waals surface area contributed by atoms with E-state index in [-0.39, 0.29) is 0 Å². The molecule has 4 aromatic heterocycles. The van der Waals surface area contributed by atoms with Gasteiger partial charge in [0.1, 0.15) is 0 Å². The quantitative estimate of drug-likeness (QED) is 0.434. The normalized spacial score (nSPS) is 11.5. The van der Waals surface area contributed by atoms with E-state index in [2.05, 4.69) is 34.2 Å². The highest BCUT2D eigenvalue weighted by molar-refractivity contribution is 7.25. The van der Waals surface area contributed by atoms with Gasteiger partial charge >= 0.3 is 0 Å². The molecular weight excluding hydrogens is 302 g/mol. The lowest BCUT2D eigenvalue weighted by atomic mass is 10.1. The monoisotopic (exact) mass is 313 g/mol. The maximum atomic E-state index is 4.86. The summed E-state index contributed by atoms with van der Waals surface area (Å²) in [7, 11) is 0. The predicted octanol–water partition coefficient (Wildman–Crippen LogP) is 5.06. The Balaban J connectivity index is 1.76. The van der Waals surface area contributed by atoms with Crippen molar-refractivity contribution < 1.29 is 0 Å². The average molecular weight is 313 g/mol. The first-order valence-corrected chi connectivity index (χ1v) is 8.18. The maximum absolute atomic E-state index is 4.86. The Bertz CT molecular complexity index is 1180. The van der Waals surface area contributed by atoms with Crippen LogP contribution in [-0.4, -0.2) is 15.0 Å². The second-order valence-corrected chi connectivity index (χ2v) is 6.52. The van der Waals surface area contributed by atoms with E-state index in [0.717, 1.165) is 27.7 Å². The fourth-order valence-electron chi connectivity index (χ4n) is 2.86. The van der Waals surface area contributed by atoms with E-state index in [1.165, 1.54) is 14.8 Å². The Labute approximate surface area is 136 Å². The van der Waals surface area contributed by atoms with Crippen molar-refractivity contribution in [3.05, 3.63) is 67.1 Å². The molecule has 0 radical (unpaired) electrons. The highest BCUT2D eigenvalue weighted by atomic mass is 32.1. The number of nitrogens with zero attached hydrogens (tertiary/aromatic N) is 3. The molecule has 0 spiro atoms. The molecule has 0 N–H and O–H groups in total. The Kier molecular flexibility index (Phi) is 2.66. The van der Waals surface area contributed by atoms with E-state index in [1.54, 1.807) is 11.3 Å². The summed E-state index contributed by atoms with van der Waals surface area (Å²) in [5, 5.41) is 3.48. The van der Waals surface area contributed by atoms with Crippen LogP contribution in [0, 0.1) is 0 Å². The van der Waals surface area contributed by atoms with Crippen LogP contribution in [0.2, 0.25) is 0 Å². The van der Waals surface area contributed by atoms with E-state index in [9.17, 15) is 0 Å². The molecule has 0 atom stereocenters. The van der Waals surface area contributed by atoms with Crippen LogP contribution < -0.4 is 0 Å². The van der Waals surface area contributed by atoms with Gasteiger partial charge in [-0.25, -0.2) is 4.98 Å². The molecule has 108 valence electrons. The molecule has 0 saturated heterocycles. The van der Waals surface area contributed by atoms with Gasteiger partial charge in [0.05, 0.1) is 26.3 Å². The summed E-state index contributed by atoms with van der Waals surface area (Å²) in [5.74, 6) is 0. The smallest absolute Gasteiger partial charge is 0.0897 e. The van der Waals surface area contributed by atoms with Gasteiger partial charge in [-0.1, -0.05) is 24.3 Å². The largest absolute Gasteiger partial charge is 0.263 e. The summed E-state index contributed by atoms with van der Waals surface area (Å²) in [6.07, 6.45) is 5.62. The van der Waals surface area contributed by atoms with E-state index in [0.29, 0.717) is 0 Å².